The minimum absolute atomic E-state index is 0.194. The topological polar surface area (TPSA) is 0 Å². The summed E-state index contributed by atoms with van der Waals surface area (Å²) in [5.41, 5.74) is 0. The molecule has 0 saturated heterocycles. The Hall–Kier alpha value is 0.580. The monoisotopic (exact) mass is 366 g/mol. The molecular formula is C21H44Cl2. The number of alkyl halides is 2. The number of halogens is 2. The molecule has 2 heteroatoms. The highest BCUT2D eigenvalue weighted by Gasteiger charge is 1.94. The molecule has 0 radical (unpaired) electrons. The average Bonchev–Trinajstić information content (AvgIpc) is 2.55. The van der Waals surface area contributed by atoms with Gasteiger partial charge in [0.25, 0.3) is 0 Å². The first-order valence-corrected chi connectivity index (χ1v) is 11.5. The van der Waals surface area contributed by atoms with Crippen molar-refractivity contribution >= 4 is 23.2 Å². The first kappa shape index (κ1) is 25.8. The van der Waals surface area contributed by atoms with Gasteiger partial charge in [0.05, 0.1) is 5.34 Å². The highest BCUT2D eigenvalue weighted by atomic mass is 35.5. The van der Waals surface area contributed by atoms with Gasteiger partial charge in [-0.1, -0.05) is 129 Å². The molecule has 0 aliphatic rings. The van der Waals surface area contributed by atoms with E-state index in [1.54, 1.807) is 0 Å². The van der Waals surface area contributed by atoms with Gasteiger partial charge in [0.15, 0.2) is 0 Å². The van der Waals surface area contributed by atoms with Crippen molar-refractivity contribution in [3.8, 4) is 0 Å². The summed E-state index contributed by atoms with van der Waals surface area (Å²) < 4.78 is 0. The standard InChI is InChI=1S/C20H42.CH2Cl2/c1-3-5-7-9-11-13-15-17-19-20-18-16-14-12-10-8-6-4-2;2-1-3/h3-20H2,1-2H3;1H2. The third kappa shape index (κ3) is 30.9. The van der Waals surface area contributed by atoms with Crippen molar-refractivity contribution in [2.24, 2.45) is 0 Å². The van der Waals surface area contributed by atoms with Crippen molar-refractivity contribution in [3.63, 3.8) is 0 Å². The van der Waals surface area contributed by atoms with Gasteiger partial charge in [-0.15, -0.1) is 23.2 Å². The van der Waals surface area contributed by atoms with Crippen LogP contribution in [0.3, 0.4) is 0 Å². The highest BCUT2D eigenvalue weighted by Crippen LogP contribution is 2.14. The Balaban J connectivity index is 0. The summed E-state index contributed by atoms with van der Waals surface area (Å²) in [5.74, 6) is 0. The lowest BCUT2D eigenvalue weighted by Gasteiger charge is -2.03. The molecule has 0 aliphatic carbocycles. The minimum atomic E-state index is 0.194. The average molecular weight is 367 g/mol. The molecule has 0 aromatic rings. The molecule has 0 fully saturated rings. The molecule has 0 aromatic carbocycles. The molecule has 142 valence electrons. The zero-order valence-corrected chi connectivity index (χ0v) is 17.7. The maximum absolute atomic E-state index is 4.76. The summed E-state index contributed by atoms with van der Waals surface area (Å²) >= 11 is 9.53. The summed E-state index contributed by atoms with van der Waals surface area (Å²) in [4.78, 5) is 0. The van der Waals surface area contributed by atoms with Crippen LogP contribution in [0.1, 0.15) is 129 Å². The molecule has 0 heterocycles. The van der Waals surface area contributed by atoms with Crippen LogP contribution in [0.15, 0.2) is 0 Å². The van der Waals surface area contributed by atoms with Crippen molar-refractivity contribution in [1.29, 1.82) is 0 Å². The zero-order valence-electron chi connectivity index (χ0n) is 16.2. The second-order valence-electron chi connectivity index (χ2n) is 6.76. The van der Waals surface area contributed by atoms with Gasteiger partial charge in [0, 0.05) is 0 Å². The summed E-state index contributed by atoms with van der Waals surface area (Å²) in [7, 11) is 0. The van der Waals surface area contributed by atoms with Gasteiger partial charge in [-0.05, 0) is 0 Å². The van der Waals surface area contributed by atoms with E-state index in [1.165, 1.54) is 116 Å². The molecule has 0 aromatic heterocycles. The minimum Gasteiger partial charge on any atom is -0.109 e. The van der Waals surface area contributed by atoms with E-state index in [9.17, 15) is 0 Å². The number of hydrogen-bond acceptors (Lipinski definition) is 0. The van der Waals surface area contributed by atoms with Gasteiger partial charge in [0.2, 0.25) is 0 Å². The Morgan fingerprint density at radius 1 is 0.348 bits per heavy atom. The van der Waals surface area contributed by atoms with Gasteiger partial charge < -0.3 is 0 Å². The SMILES string of the molecule is CCCCCCCCCCCCCCCCCCCC.ClCCl. The molecular weight excluding hydrogens is 323 g/mol. The van der Waals surface area contributed by atoms with Crippen LogP contribution in [0.4, 0.5) is 0 Å². The van der Waals surface area contributed by atoms with Crippen molar-refractivity contribution in [2.75, 3.05) is 5.34 Å². The second-order valence-corrected chi connectivity index (χ2v) is 7.57. The fourth-order valence-corrected chi connectivity index (χ4v) is 2.97. The first-order valence-electron chi connectivity index (χ1n) is 10.4. The first-order chi connectivity index (χ1) is 11.3. The summed E-state index contributed by atoms with van der Waals surface area (Å²) in [6.45, 7) is 4.59. The summed E-state index contributed by atoms with van der Waals surface area (Å²) in [6.07, 6.45) is 26.4. The molecule has 0 unspecified atom stereocenters. The molecule has 0 bridgehead atoms. The van der Waals surface area contributed by atoms with E-state index in [-0.39, 0.29) is 5.34 Å². The molecule has 0 amide bonds. The summed E-state index contributed by atoms with van der Waals surface area (Å²) in [5, 5.41) is 0.194. The van der Waals surface area contributed by atoms with E-state index in [0.29, 0.717) is 0 Å². The Kier molecular flexibility index (Phi) is 30.8. The summed E-state index contributed by atoms with van der Waals surface area (Å²) in [6, 6.07) is 0. The lowest BCUT2D eigenvalue weighted by molar-refractivity contribution is 0.526. The predicted octanol–water partition coefficient (Wildman–Crippen LogP) is 9.47. The number of unbranched alkanes of at least 4 members (excludes halogenated alkanes) is 17. The van der Waals surface area contributed by atoms with Gasteiger partial charge in [-0.3, -0.25) is 0 Å². The van der Waals surface area contributed by atoms with E-state index in [1.807, 2.05) is 0 Å². The van der Waals surface area contributed by atoms with Gasteiger partial charge >= 0.3 is 0 Å². The Bertz CT molecular complexity index is 153. The molecule has 0 saturated carbocycles. The molecule has 0 nitrogen and oxygen atoms in total. The molecule has 0 N–H and O–H groups in total. The van der Waals surface area contributed by atoms with Crippen molar-refractivity contribution in [3.05, 3.63) is 0 Å². The number of rotatable bonds is 17. The van der Waals surface area contributed by atoms with Crippen LogP contribution in [0, 0.1) is 0 Å². The van der Waals surface area contributed by atoms with Crippen LogP contribution >= 0.6 is 23.2 Å². The molecule has 0 spiro atoms. The maximum Gasteiger partial charge on any atom is 0.0967 e. The van der Waals surface area contributed by atoms with Crippen molar-refractivity contribution < 1.29 is 0 Å². The lowest BCUT2D eigenvalue weighted by atomic mass is 10.0. The lowest BCUT2D eigenvalue weighted by Crippen LogP contribution is -1.83. The van der Waals surface area contributed by atoms with E-state index < -0.39 is 0 Å². The smallest absolute Gasteiger partial charge is 0.0967 e. The third-order valence-electron chi connectivity index (χ3n) is 4.46. The van der Waals surface area contributed by atoms with Gasteiger partial charge in [-0.2, -0.15) is 0 Å². The third-order valence-corrected chi connectivity index (χ3v) is 4.46. The zero-order chi connectivity index (χ0) is 17.4. The largest absolute Gasteiger partial charge is 0.109 e. The fourth-order valence-electron chi connectivity index (χ4n) is 2.97. The molecule has 23 heavy (non-hydrogen) atoms. The number of hydrogen-bond donors (Lipinski definition) is 0. The van der Waals surface area contributed by atoms with Crippen molar-refractivity contribution in [1.82, 2.24) is 0 Å². The molecule has 0 rings (SSSR count). The fraction of sp³-hybridized carbons (Fsp3) is 1.00. The van der Waals surface area contributed by atoms with E-state index in [2.05, 4.69) is 13.8 Å². The quantitative estimate of drug-likeness (QED) is 0.177. The van der Waals surface area contributed by atoms with Crippen LogP contribution < -0.4 is 0 Å². The van der Waals surface area contributed by atoms with Gasteiger partial charge in [-0.25, -0.2) is 0 Å². The second kappa shape index (κ2) is 27.4. The maximum atomic E-state index is 4.76. The van der Waals surface area contributed by atoms with E-state index in [4.69, 9.17) is 23.2 Å². The van der Waals surface area contributed by atoms with E-state index >= 15 is 0 Å². The van der Waals surface area contributed by atoms with Gasteiger partial charge in [0.1, 0.15) is 0 Å². The van der Waals surface area contributed by atoms with E-state index in [0.717, 1.165) is 0 Å². The van der Waals surface area contributed by atoms with Crippen LogP contribution in [0.2, 0.25) is 0 Å². The van der Waals surface area contributed by atoms with Crippen LogP contribution in [0.25, 0.3) is 0 Å². The highest BCUT2D eigenvalue weighted by molar-refractivity contribution is 6.40. The Morgan fingerprint density at radius 2 is 0.478 bits per heavy atom. The van der Waals surface area contributed by atoms with Crippen LogP contribution in [-0.4, -0.2) is 5.34 Å². The molecule has 0 aliphatic heterocycles. The molecule has 0 atom stereocenters. The van der Waals surface area contributed by atoms with Crippen LogP contribution in [-0.2, 0) is 0 Å². The predicted molar refractivity (Wildman–Crippen MR) is 111 cm³/mol. The Morgan fingerprint density at radius 3 is 0.609 bits per heavy atom. The van der Waals surface area contributed by atoms with Crippen LogP contribution in [0.5, 0.6) is 0 Å². The normalized spacial score (nSPS) is 10.4. The Labute approximate surface area is 158 Å². The van der Waals surface area contributed by atoms with Crippen molar-refractivity contribution in [2.45, 2.75) is 129 Å².